The fraction of sp³-hybridized carbons (Fsp3) is 0.467. The molecule has 114 valence electrons. The zero-order valence-corrected chi connectivity index (χ0v) is 13.1. The minimum Gasteiger partial charge on any atom is -0.361 e. The van der Waals surface area contributed by atoms with Gasteiger partial charge in [0, 0.05) is 49.8 Å². The summed E-state index contributed by atoms with van der Waals surface area (Å²) >= 11 is 0. The highest BCUT2D eigenvalue weighted by Gasteiger charge is 2.25. The number of rotatable bonds is 4. The van der Waals surface area contributed by atoms with Crippen molar-refractivity contribution in [3.05, 3.63) is 36.0 Å². The van der Waals surface area contributed by atoms with E-state index in [-0.39, 0.29) is 5.75 Å². The number of hydrogen-bond acceptors (Lipinski definition) is 3. The second kappa shape index (κ2) is 5.79. The molecule has 0 saturated carbocycles. The molecule has 0 unspecified atom stereocenters. The lowest BCUT2D eigenvalue weighted by atomic mass is 10.1. The number of H-pyrrole nitrogens is 1. The predicted molar refractivity (Wildman–Crippen MR) is 84.6 cm³/mol. The molecule has 0 radical (unpaired) electrons. The number of benzene rings is 1. The van der Waals surface area contributed by atoms with Gasteiger partial charge in [-0.15, -0.1) is 0 Å². The maximum absolute atomic E-state index is 11.9. The molecule has 1 aromatic heterocycles. The van der Waals surface area contributed by atoms with Gasteiger partial charge >= 0.3 is 0 Å². The molecule has 0 atom stereocenters. The van der Waals surface area contributed by atoms with Crippen molar-refractivity contribution in [1.82, 2.24) is 14.2 Å². The Morgan fingerprint density at radius 1 is 1.14 bits per heavy atom. The number of sulfonamides is 1. The number of hydrogen-bond donors (Lipinski definition) is 1. The normalized spacial score (nSPS) is 18.3. The van der Waals surface area contributed by atoms with Crippen LogP contribution in [0.4, 0.5) is 0 Å². The number of fused-ring (bicyclic) bond motifs is 1. The predicted octanol–water partition coefficient (Wildman–Crippen LogP) is 1.64. The maximum Gasteiger partial charge on any atom is 0.213 e. The number of aromatic amines is 1. The van der Waals surface area contributed by atoms with Crippen LogP contribution in [0.25, 0.3) is 10.9 Å². The molecule has 1 saturated heterocycles. The number of nitrogens with zero attached hydrogens (tertiary/aromatic N) is 2. The van der Waals surface area contributed by atoms with Crippen molar-refractivity contribution < 1.29 is 8.42 Å². The molecule has 6 heteroatoms. The van der Waals surface area contributed by atoms with Crippen LogP contribution in [0.2, 0.25) is 0 Å². The molecular weight excluding hydrogens is 286 g/mol. The molecule has 5 nitrogen and oxygen atoms in total. The molecule has 1 N–H and O–H groups in total. The van der Waals surface area contributed by atoms with Crippen molar-refractivity contribution in [1.29, 1.82) is 0 Å². The summed E-state index contributed by atoms with van der Waals surface area (Å²) in [6.07, 6.45) is 1.96. The molecule has 0 amide bonds. The highest BCUT2D eigenvalue weighted by Crippen LogP contribution is 2.20. The van der Waals surface area contributed by atoms with E-state index < -0.39 is 10.0 Å². The van der Waals surface area contributed by atoms with Gasteiger partial charge in [-0.05, 0) is 24.6 Å². The third kappa shape index (κ3) is 2.97. The number of piperazine rings is 1. The van der Waals surface area contributed by atoms with Crippen LogP contribution in [-0.2, 0) is 16.6 Å². The average molecular weight is 307 g/mol. The van der Waals surface area contributed by atoms with Gasteiger partial charge < -0.3 is 4.98 Å². The fourth-order valence-corrected chi connectivity index (χ4v) is 3.96. The summed E-state index contributed by atoms with van der Waals surface area (Å²) in [5, 5.41) is 1.25. The van der Waals surface area contributed by atoms with Crippen molar-refractivity contribution in [3.8, 4) is 0 Å². The first-order valence-corrected chi connectivity index (χ1v) is 8.96. The molecule has 1 aliphatic heterocycles. The van der Waals surface area contributed by atoms with Gasteiger partial charge in [0.2, 0.25) is 10.0 Å². The van der Waals surface area contributed by atoms with E-state index >= 15 is 0 Å². The van der Waals surface area contributed by atoms with Gasteiger partial charge in [0.1, 0.15) is 0 Å². The summed E-state index contributed by atoms with van der Waals surface area (Å²) < 4.78 is 25.3. The number of aromatic nitrogens is 1. The molecule has 2 aromatic rings. The summed E-state index contributed by atoms with van der Waals surface area (Å²) in [5.41, 5.74) is 2.44. The van der Waals surface area contributed by atoms with E-state index in [1.807, 2.05) is 6.20 Å². The monoisotopic (exact) mass is 307 g/mol. The van der Waals surface area contributed by atoms with Gasteiger partial charge in [-0.3, -0.25) is 4.90 Å². The summed E-state index contributed by atoms with van der Waals surface area (Å²) in [4.78, 5) is 5.55. The first-order valence-electron chi connectivity index (χ1n) is 7.35. The van der Waals surface area contributed by atoms with Gasteiger partial charge in [0.25, 0.3) is 0 Å². The summed E-state index contributed by atoms with van der Waals surface area (Å²) in [6.45, 7) is 5.35. The second-order valence-corrected chi connectivity index (χ2v) is 7.69. The summed E-state index contributed by atoms with van der Waals surface area (Å²) in [5.74, 6) is 0.190. The topological polar surface area (TPSA) is 56.4 Å². The van der Waals surface area contributed by atoms with Crippen LogP contribution >= 0.6 is 0 Å². The van der Waals surface area contributed by atoms with Crippen molar-refractivity contribution in [2.45, 2.75) is 13.5 Å². The van der Waals surface area contributed by atoms with Gasteiger partial charge in [-0.2, -0.15) is 4.31 Å². The second-order valence-electron chi connectivity index (χ2n) is 5.43. The highest BCUT2D eigenvalue weighted by atomic mass is 32.2. The van der Waals surface area contributed by atoms with Gasteiger partial charge in [0.15, 0.2) is 0 Å². The Balaban J connectivity index is 1.67. The van der Waals surface area contributed by atoms with Crippen LogP contribution in [-0.4, -0.2) is 54.5 Å². The molecule has 0 bridgehead atoms. The Kier molecular flexibility index (Phi) is 4.01. The van der Waals surface area contributed by atoms with E-state index in [1.54, 1.807) is 11.2 Å². The van der Waals surface area contributed by atoms with Crippen molar-refractivity contribution in [3.63, 3.8) is 0 Å². The molecule has 1 aliphatic rings. The average Bonchev–Trinajstić information content (AvgIpc) is 2.97. The Bertz CT molecular complexity index is 715. The molecule has 0 spiro atoms. The third-order valence-electron chi connectivity index (χ3n) is 4.17. The van der Waals surface area contributed by atoms with Crippen LogP contribution in [0.3, 0.4) is 0 Å². The van der Waals surface area contributed by atoms with Crippen LogP contribution in [0.15, 0.2) is 30.5 Å². The largest absolute Gasteiger partial charge is 0.361 e. The lowest BCUT2D eigenvalue weighted by molar-refractivity contribution is 0.182. The lowest BCUT2D eigenvalue weighted by Crippen LogP contribution is -2.48. The maximum atomic E-state index is 11.9. The SMILES string of the molecule is CCS(=O)(=O)N1CCN(Cc2cccc3[nH]ccc23)CC1. The fourth-order valence-electron chi connectivity index (χ4n) is 2.88. The van der Waals surface area contributed by atoms with E-state index in [1.165, 1.54) is 10.9 Å². The van der Waals surface area contributed by atoms with Crippen LogP contribution in [0.1, 0.15) is 12.5 Å². The van der Waals surface area contributed by atoms with Crippen molar-refractivity contribution in [2.75, 3.05) is 31.9 Å². The molecule has 1 aromatic carbocycles. The van der Waals surface area contributed by atoms with Gasteiger partial charge in [-0.1, -0.05) is 12.1 Å². The zero-order chi connectivity index (χ0) is 14.9. The molecule has 1 fully saturated rings. The van der Waals surface area contributed by atoms with E-state index in [2.05, 4.69) is 34.1 Å². The Morgan fingerprint density at radius 2 is 1.90 bits per heavy atom. The summed E-state index contributed by atoms with van der Waals surface area (Å²) in [6, 6.07) is 8.38. The van der Waals surface area contributed by atoms with Crippen LogP contribution in [0, 0.1) is 0 Å². The minimum absolute atomic E-state index is 0.190. The molecule has 21 heavy (non-hydrogen) atoms. The minimum atomic E-state index is -3.04. The molecule has 3 rings (SSSR count). The quantitative estimate of drug-likeness (QED) is 0.934. The third-order valence-corrected chi connectivity index (χ3v) is 6.05. The van der Waals surface area contributed by atoms with Crippen molar-refractivity contribution >= 4 is 20.9 Å². The smallest absolute Gasteiger partial charge is 0.213 e. The number of nitrogens with one attached hydrogen (secondary N) is 1. The zero-order valence-electron chi connectivity index (χ0n) is 12.2. The summed E-state index contributed by atoms with van der Waals surface area (Å²) in [7, 11) is -3.04. The Hall–Kier alpha value is -1.37. The van der Waals surface area contributed by atoms with E-state index in [0.717, 1.165) is 25.2 Å². The van der Waals surface area contributed by atoms with E-state index in [4.69, 9.17) is 0 Å². The van der Waals surface area contributed by atoms with Crippen LogP contribution < -0.4 is 0 Å². The van der Waals surface area contributed by atoms with E-state index in [0.29, 0.717) is 13.1 Å². The lowest BCUT2D eigenvalue weighted by Gasteiger charge is -2.33. The standard InChI is InChI=1S/C15H21N3O2S/c1-2-21(19,20)18-10-8-17(9-11-18)12-13-4-3-5-15-14(13)6-7-16-15/h3-7,16H,2,8-12H2,1H3. The van der Waals surface area contributed by atoms with Gasteiger partial charge in [-0.25, -0.2) is 8.42 Å². The Morgan fingerprint density at radius 3 is 2.62 bits per heavy atom. The molecular formula is C15H21N3O2S. The molecule has 0 aliphatic carbocycles. The first-order chi connectivity index (χ1) is 10.1. The first kappa shape index (κ1) is 14.6. The van der Waals surface area contributed by atoms with Crippen molar-refractivity contribution in [2.24, 2.45) is 0 Å². The van der Waals surface area contributed by atoms with E-state index in [9.17, 15) is 8.42 Å². The molecule has 2 heterocycles. The van der Waals surface area contributed by atoms with Gasteiger partial charge in [0.05, 0.1) is 5.75 Å². The Labute approximate surface area is 125 Å². The van der Waals surface area contributed by atoms with Crippen LogP contribution in [0.5, 0.6) is 0 Å². The highest BCUT2D eigenvalue weighted by molar-refractivity contribution is 7.89.